The average Bonchev–Trinajstić information content (AvgIpc) is 2.57. The number of anilines is 1. The maximum atomic E-state index is 10.8. The van der Waals surface area contributed by atoms with E-state index in [1.165, 1.54) is 37.0 Å². The first-order chi connectivity index (χ1) is 8.26. The van der Waals surface area contributed by atoms with E-state index in [0.29, 0.717) is 16.1 Å². The van der Waals surface area contributed by atoms with Crippen molar-refractivity contribution in [3.05, 3.63) is 10.0 Å². The normalized spacial score (nSPS) is 21.3. The van der Waals surface area contributed by atoms with Crippen molar-refractivity contribution in [3.63, 3.8) is 0 Å². The SMILES string of the molecule is CCC1CCCCCN1c1nc(Cl)c(C=O)s1. The molecule has 0 aromatic carbocycles. The van der Waals surface area contributed by atoms with Crippen molar-refractivity contribution in [2.24, 2.45) is 0 Å². The second-order valence-corrected chi connectivity index (χ2v) is 5.74. The fraction of sp³-hybridized carbons (Fsp3) is 0.667. The molecule has 2 rings (SSSR count). The number of hydrogen-bond acceptors (Lipinski definition) is 4. The molecule has 1 fully saturated rings. The number of hydrogen-bond donors (Lipinski definition) is 0. The lowest BCUT2D eigenvalue weighted by atomic mass is 10.1. The minimum atomic E-state index is 0.346. The summed E-state index contributed by atoms with van der Waals surface area (Å²) in [5, 5.41) is 1.25. The van der Waals surface area contributed by atoms with Crippen molar-refractivity contribution in [2.45, 2.75) is 45.1 Å². The summed E-state index contributed by atoms with van der Waals surface area (Å²) >= 11 is 7.35. The van der Waals surface area contributed by atoms with Crippen LogP contribution in [0.15, 0.2) is 0 Å². The first-order valence-corrected chi connectivity index (χ1v) is 7.33. The van der Waals surface area contributed by atoms with E-state index in [9.17, 15) is 4.79 Å². The zero-order chi connectivity index (χ0) is 12.3. The zero-order valence-corrected chi connectivity index (χ0v) is 11.6. The molecule has 17 heavy (non-hydrogen) atoms. The van der Waals surface area contributed by atoms with Crippen LogP contribution in [-0.4, -0.2) is 23.9 Å². The first kappa shape index (κ1) is 12.8. The van der Waals surface area contributed by atoms with E-state index in [2.05, 4.69) is 16.8 Å². The van der Waals surface area contributed by atoms with Gasteiger partial charge in [0.05, 0.1) is 0 Å². The third-order valence-electron chi connectivity index (χ3n) is 3.30. The number of carbonyl (C=O) groups is 1. The van der Waals surface area contributed by atoms with Crippen LogP contribution < -0.4 is 4.90 Å². The highest BCUT2D eigenvalue weighted by molar-refractivity contribution is 7.17. The number of aldehydes is 1. The molecule has 1 aromatic heterocycles. The van der Waals surface area contributed by atoms with Crippen molar-refractivity contribution >= 4 is 34.4 Å². The summed E-state index contributed by atoms with van der Waals surface area (Å²) in [6.45, 7) is 3.24. The van der Waals surface area contributed by atoms with Gasteiger partial charge in [-0.25, -0.2) is 4.98 Å². The molecular weight excluding hydrogens is 256 g/mol. The monoisotopic (exact) mass is 272 g/mol. The van der Waals surface area contributed by atoms with E-state index in [0.717, 1.165) is 24.4 Å². The maximum absolute atomic E-state index is 10.8. The molecule has 5 heteroatoms. The second-order valence-electron chi connectivity index (χ2n) is 4.37. The maximum Gasteiger partial charge on any atom is 0.187 e. The van der Waals surface area contributed by atoms with Gasteiger partial charge >= 0.3 is 0 Å². The smallest absolute Gasteiger partial charge is 0.187 e. The van der Waals surface area contributed by atoms with Gasteiger partial charge in [-0.2, -0.15) is 0 Å². The van der Waals surface area contributed by atoms with Crippen molar-refractivity contribution in [1.82, 2.24) is 4.98 Å². The highest BCUT2D eigenvalue weighted by Gasteiger charge is 2.23. The van der Waals surface area contributed by atoms with Gasteiger partial charge in [-0.3, -0.25) is 4.79 Å². The van der Waals surface area contributed by atoms with Crippen LogP contribution in [0.4, 0.5) is 5.13 Å². The molecule has 0 amide bonds. The van der Waals surface area contributed by atoms with E-state index >= 15 is 0 Å². The standard InChI is InChI=1S/C12H17ClN2OS/c1-2-9-6-4-3-5-7-15(9)12-14-11(13)10(8-16)17-12/h8-9H,2-7H2,1H3. The zero-order valence-electron chi connectivity index (χ0n) is 9.99. The largest absolute Gasteiger partial charge is 0.345 e. The Balaban J connectivity index is 2.24. The van der Waals surface area contributed by atoms with Gasteiger partial charge in [0.1, 0.15) is 4.88 Å². The van der Waals surface area contributed by atoms with Gasteiger partial charge < -0.3 is 4.90 Å². The van der Waals surface area contributed by atoms with Crippen LogP contribution in [0.2, 0.25) is 5.15 Å². The summed E-state index contributed by atoms with van der Waals surface area (Å²) < 4.78 is 0. The molecule has 1 atom stereocenters. The van der Waals surface area contributed by atoms with Gasteiger partial charge in [0, 0.05) is 12.6 Å². The van der Waals surface area contributed by atoms with Crippen LogP contribution in [-0.2, 0) is 0 Å². The lowest BCUT2D eigenvalue weighted by Crippen LogP contribution is -2.34. The fourth-order valence-corrected chi connectivity index (χ4v) is 3.51. The molecular formula is C12H17ClN2OS. The summed E-state index contributed by atoms with van der Waals surface area (Å²) in [5.74, 6) is 0. The van der Waals surface area contributed by atoms with Crippen molar-refractivity contribution in [3.8, 4) is 0 Å². The van der Waals surface area contributed by atoms with E-state index in [4.69, 9.17) is 11.6 Å². The number of thiazole rings is 1. The molecule has 0 N–H and O–H groups in total. The van der Waals surface area contributed by atoms with Crippen molar-refractivity contribution in [2.75, 3.05) is 11.4 Å². The van der Waals surface area contributed by atoms with E-state index in [1.54, 1.807) is 0 Å². The molecule has 1 aliphatic heterocycles. The van der Waals surface area contributed by atoms with Crippen LogP contribution >= 0.6 is 22.9 Å². The predicted molar refractivity (Wildman–Crippen MR) is 72.4 cm³/mol. The van der Waals surface area contributed by atoms with Crippen LogP contribution in [0.1, 0.15) is 48.7 Å². The number of carbonyl (C=O) groups excluding carboxylic acids is 1. The summed E-state index contributed by atoms with van der Waals surface area (Å²) in [4.78, 5) is 18.0. The summed E-state index contributed by atoms with van der Waals surface area (Å²) in [5.41, 5.74) is 0. The number of nitrogens with zero attached hydrogens (tertiary/aromatic N) is 2. The minimum Gasteiger partial charge on any atom is -0.345 e. The van der Waals surface area contributed by atoms with Crippen LogP contribution in [0.5, 0.6) is 0 Å². The van der Waals surface area contributed by atoms with Crippen LogP contribution in [0.3, 0.4) is 0 Å². The van der Waals surface area contributed by atoms with E-state index in [1.807, 2.05) is 0 Å². The first-order valence-electron chi connectivity index (χ1n) is 6.14. The van der Waals surface area contributed by atoms with Gasteiger partial charge in [-0.15, -0.1) is 0 Å². The highest BCUT2D eigenvalue weighted by Crippen LogP contribution is 2.32. The Morgan fingerprint density at radius 3 is 3.00 bits per heavy atom. The fourth-order valence-electron chi connectivity index (χ4n) is 2.35. The Labute approximate surface area is 111 Å². The molecule has 1 unspecified atom stereocenters. The number of halogens is 1. The number of rotatable bonds is 3. The molecule has 0 bridgehead atoms. The van der Waals surface area contributed by atoms with Gasteiger partial charge in [-0.05, 0) is 19.3 Å². The Kier molecular flexibility index (Phi) is 4.40. The molecule has 0 saturated carbocycles. The third kappa shape index (κ3) is 2.80. The Morgan fingerprint density at radius 2 is 2.35 bits per heavy atom. The van der Waals surface area contributed by atoms with Gasteiger partial charge in [0.2, 0.25) is 0 Å². The summed E-state index contributed by atoms with van der Waals surface area (Å²) in [6.07, 6.45) is 6.89. The molecule has 1 saturated heterocycles. The van der Waals surface area contributed by atoms with Gasteiger partial charge in [0.25, 0.3) is 0 Å². The third-order valence-corrected chi connectivity index (χ3v) is 4.72. The molecule has 0 radical (unpaired) electrons. The Morgan fingerprint density at radius 1 is 1.53 bits per heavy atom. The van der Waals surface area contributed by atoms with Gasteiger partial charge in [0.15, 0.2) is 16.6 Å². The van der Waals surface area contributed by atoms with E-state index in [-0.39, 0.29) is 0 Å². The van der Waals surface area contributed by atoms with Crippen LogP contribution in [0.25, 0.3) is 0 Å². The Bertz CT molecular complexity index is 394. The molecule has 1 aromatic rings. The van der Waals surface area contributed by atoms with Gasteiger partial charge in [-0.1, -0.05) is 42.7 Å². The molecule has 1 aliphatic rings. The number of aromatic nitrogens is 1. The second kappa shape index (κ2) is 5.83. The molecule has 0 spiro atoms. The predicted octanol–water partition coefficient (Wildman–Crippen LogP) is 3.77. The average molecular weight is 273 g/mol. The van der Waals surface area contributed by atoms with Crippen molar-refractivity contribution in [1.29, 1.82) is 0 Å². The van der Waals surface area contributed by atoms with Crippen LogP contribution in [0, 0.1) is 0 Å². The summed E-state index contributed by atoms with van der Waals surface area (Å²) in [7, 11) is 0. The highest BCUT2D eigenvalue weighted by atomic mass is 35.5. The van der Waals surface area contributed by atoms with E-state index < -0.39 is 0 Å². The quantitative estimate of drug-likeness (QED) is 0.786. The topological polar surface area (TPSA) is 33.2 Å². The molecule has 2 heterocycles. The lowest BCUT2D eigenvalue weighted by Gasteiger charge is -2.28. The minimum absolute atomic E-state index is 0.346. The van der Waals surface area contributed by atoms with Crippen molar-refractivity contribution < 1.29 is 4.79 Å². The molecule has 94 valence electrons. The lowest BCUT2D eigenvalue weighted by molar-refractivity contribution is 0.112. The molecule has 3 nitrogen and oxygen atoms in total. The molecule has 0 aliphatic carbocycles. The Hall–Kier alpha value is -0.610. The summed E-state index contributed by atoms with van der Waals surface area (Å²) in [6, 6.07) is 0.541.